The summed E-state index contributed by atoms with van der Waals surface area (Å²) in [6.07, 6.45) is 0.436. The summed E-state index contributed by atoms with van der Waals surface area (Å²) in [5.41, 5.74) is 2.76. The summed E-state index contributed by atoms with van der Waals surface area (Å²) < 4.78 is 0.0878. The molecule has 2 saturated heterocycles. The number of hydrogen-bond donors (Lipinski definition) is 1. The van der Waals surface area contributed by atoms with Crippen LogP contribution in [0.5, 0.6) is 0 Å². The van der Waals surface area contributed by atoms with Crippen LogP contribution >= 0.6 is 11.8 Å². The average molecular weight is 253 g/mol. The molecular formula is C11H15N3O2S. The number of β-lactam (4-membered cyclic amide) rings is 1. The molecule has 0 aromatic rings. The minimum absolute atomic E-state index is 0.0529. The summed E-state index contributed by atoms with van der Waals surface area (Å²) in [6, 6.07) is 0. The van der Waals surface area contributed by atoms with E-state index in [1.165, 1.54) is 6.92 Å². The molecule has 17 heavy (non-hydrogen) atoms. The van der Waals surface area contributed by atoms with E-state index < -0.39 is 5.54 Å². The molecule has 3 aliphatic rings. The molecule has 1 amide bonds. The maximum Gasteiger partial charge on any atom is 0.254 e. The highest BCUT2D eigenvalue weighted by Gasteiger charge is 2.68. The first-order valence-corrected chi connectivity index (χ1v) is 6.57. The van der Waals surface area contributed by atoms with Gasteiger partial charge in [-0.2, -0.15) is 5.10 Å². The number of nitrogens with zero attached hydrogens (tertiary/aromatic N) is 2. The minimum atomic E-state index is -0.639. The summed E-state index contributed by atoms with van der Waals surface area (Å²) >= 11 is 1.79. The van der Waals surface area contributed by atoms with E-state index in [0.717, 1.165) is 6.54 Å². The van der Waals surface area contributed by atoms with E-state index in [2.05, 4.69) is 24.4 Å². The summed E-state index contributed by atoms with van der Waals surface area (Å²) in [5, 5.41) is 4.14. The van der Waals surface area contributed by atoms with Crippen LogP contribution in [0.3, 0.4) is 0 Å². The van der Waals surface area contributed by atoms with Gasteiger partial charge in [-0.3, -0.25) is 15.0 Å². The lowest BCUT2D eigenvalue weighted by atomic mass is 9.83. The number of rotatable bonds is 1. The van der Waals surface area contributed by atoms with E-state index >= 15 is 0 Å². The number of ketones is 1. The van der Waals surface area contributed by atoms with E-state index in [-0.39, 0.29) is 21.8 Å². The van der Waals surface area contributed by atoms with E-state index in [0.29, 0.717) is 12.1 Å². The topological polar surface area (TPSA) is 61.8 Å². The van der Waals surface area contributed by atoms with Crippen molar-refractivity contribution in [2.75, 3.05) is 6.54 Å². The van der Waals surface area contributed by atoms with Gasteiger partial charge in [-0.15, -0.1) is 11.8 Å². The van der Waals surface area contributed by atoms with Gasteiger partial charge in [0.2, 0.25) is 0 Å². The van der Waals surface area contributed by atoms with Crippen LogP contribution in [-0.4, -0.2) is 44.5 Å². The van der Waals surface area contributed by atoms with Gasteiger partial charge in [0.05, 0.1) is 0 Å². The van der Waals surface area contributed by atoms with Crippen molar-refractivity contribution in [3.05, 3.63) is 0 Å². The molecule has 0 aromatic heterocycles. The first-order chi connectivity index (χ1) is 7.86. The number of carbonyl (C=O) groups excluding carboxylic acids is 2. The second-order valence-electron chi connectivity index (χ2n) is 5.54. The smallest absolute Gasteiger partial charge is 0.254 e. The monoisotopic (exact) mass is 253 g/mol. The summed E-state index contributed by atoms with van der Waals surface area (Å²) in [4.78, 5) is 25.4. The van der Waals surface area contributed by atoms with Gasteiger partial charge in [0.25, 0.3) is 5.91 Å². The van der Waals surface area contributed by atoms with Gasteiger partial charge in [0, 0.05) is 24.6 Å². The van der Waals surface area contributed by atoms with Crippen molar-refractivity contribution in [2.45, 2.75) is 42.9 Å². The molecule has 2 fully saturated rings. The van der Waals surface area contributed by atoms with Crippen molar-refractivity contribution < 1.29 is 9.59 Å². The van der Waals surface area contributed by atoms with E-state index in [4.69, 9.17) is 0 Å². The van der Waals surface area contributed by atoms with Crippen LogP contribution in [-0.2, 0) is 9.59 Å². The number of hydrogen-bond acceptors (Lipinski definition) is 5. The second-order valence-corrected chi connectivity index (χ2v) is 7.32. The lowest BCUT2D eigenvalue weighted by Crippen LogP contribution is -2.74. The Hall–Kier alpha value is -1.04. The van der Waals surface area contributed by atoms with Gasteiger partial charge >= 0.3 is 0 Å². The zero-order chi connectivity index (χ0) is 12.4. The molecule has 0 aliphatic carbocycles. The maximum atomic E-state index is 12.2. The van der Waals surface area contributed by atoms with Crippen LogP contribution in [0.15, 0.2) is 5.10 Å². The number of nitrogens with one attached hydrogen (secondary N) is 1. The Morgan fingerprint density at radius 3 is 2.88 bits per heavy atom. The third-order valence-corrected chi connectivity index (χ3v) is 5.22. The Bertz CT molecular complexity index is 460. The normalized spacial score (nSPS) is 37.6. The molecule has 2 atom stereocenters. The number of amides is 1. The predicted molar refractivity (Wildman–Crippen MR) is 65.8 cm³/mol. The van der Waals surface area contributed by atoms with Crippen molar-refractivity contribution in [3.8, 4) is 0 Å². The van der Waals surface area contributed by atoms with Gasteiger partial charge in [-0.05, 0) is 13.8 Å². The molecule has 1 spiro atoms. The van der Waals surface area contributed by atoms with Crippen molar-refractivity contribution >= 4 is 29.2 Å². The predicted octanol–water partition coefficient (Wildman–Crippen LogP) is 0.357. The third kappa shape index (κ3) is 1.30. The molecule has 0 radical (unpaired) electrons. The number of Topliss-reactive ketones (excluding diaryl/α,β-unsaturated/α-hetero) is 1. The van der Waals surface area contributed by atoms with Crippen LogP contribution in [0, 0.1) is 0 Å². The Morgan fingerprint density at radius 2 is 2.29 bits per heavy atom. The number of fused-ring (bicyclic) bond motifs is 2. The fraction of sp³-hybridized carbons (Fsp3) is 0.727. The molecule has 0 bridgehead atoms. The van der Waals surface area contributed by atoms with Gasteiger partial charge in [0.1, 0.15) is 11.1 Å². The third-order valence-electron chi connectivity index (χ3n) is 3.57. The summed E-state index contributed by atoms with van der Waals surface area (Å²) in [7, 11) is 0. The molecule has 0 saturated carbocycles. The maximum absolute atomic E-state index is 12.2. The first kappa shape index (κ1) is 11.1. The zero-order valence-electron chi connectivity index (χ0n) is 10.1. The quantitative estimate of drug-likeness (QED) is 0.685. The Balaban J connectivity index is 1.84. The minimum Gasteiger partial charge on any atom is -0.324 e. The average Bonchev–Trinajstić information content (AvgIpc) is 2.79. The Morgan fingerprint density at radius 1 is 1.59 bits per heavy atom. The van der Waals surface area contributed by atoms with Gasteiger partial charge in [-0.25, -0.2) is 0 Å². The van der Waals surface area contributed by atoms with Crippen molar-refractivity contribution in [3.63, 3.8) is 0 Å². The van der Waals surface area contributed by atoms with Crippen LogP contribution in [0.2, 0.25) is 0 Å². The zero-order valence-corrected chi connectivity index (χ0v) is 10.9. The van der Waals surface area contributed by atoms with E-state index in [1.54, 1.807) is 11.8 Å². The number of hydrazone groups is 1. The molecule has 1 unspecified atom stereocenters. The molecule has 1 N–H and O–H groups in total. The highest BCUT2D eigenvalue weighted by Crippen LogP contribution is 2.53. The molecule has 5 nitrogen and oxygen atoms in total. The number of carbonyl (C=O) groups is 2. The SMILES string of the molecule is CC(=O)C1=NNC2(C1)C(=O)N1CC(C)(C)S[C@@H]12. The van der Waals surface area contributed by atoms with Crippen LogP contribution < -0.4 is 5.43 Å². The summed E-state index contributed by atoms with van der Waals surface area (Å²) in [6.45, 7) is 6.55. The molecule has 3 rings (SSSR count). The van der Waals surface area contributed by atoms with Crippen molar-refractivity contribution in [2.24, 2.45) is 5.10 Å². The lowest BCUT2D eigenvalue weighted by Gasteiger charge is -2.49. The fourth-order valence-corrected chi connectivity index (χ4v) is 4.27. The molecule has 92 valence electrons. The highest BCUT2D eigenvalue weighted by atomic mass is 32.2. The Kier molecular flexibility index (Phi) is 1.98. The lowest BCUT2D eigenvalue weighted by molar-refractivity contribution is -0.153. The van der Waals surface area contributed by atoms with Crippen LogP contribution in [0.1, 0.15) is 27.2 Å². The van der Waals surface area contributed by atoms with Crippen molar-refractivity contribution in [1.82, 2.24) is 10.3 Å². The van der Waals surface area contributed by atoms with Gasteiger partial charge in [-0.1, -0.05) is 0 Å². The van der Waals surface area contributed by atoms with Gasteiger partial charge in [0.15, 0.2) is 11.3 Å². The molecular weight excluding hydrogens is 238 g/mol. The molecule has 6 heteroatoms. The Labute approximate surface area is 104 Å². The highest BCUT2D eigenvalue weighted by molar-refractivity contribution is 8.01. The van der Waals surface area contributed by atoms with Crippen molar-refractivity contribution in [1.29, 1.82) is 0 Å². The number of thioether (sulfide) groups is 1. The van der Waals surface area contributed by atoms with E-state index in [9.17, 15) is 9.59 Å². The van der Waals surface area contributed by atoms with E-state index in [1.807, 2.05) is 4.90 Å². The standard InChI is InChI=1S/C11H15N3O2S/c1-6(15)7-4-11(13-12-7)8(16)14-5-10(2,3)17-9(11)14/h9,13H,4-5H2,1-3H3/t9-,11?/m1/s1. The first-order valence-electron chi connectivity index (χ1n) is 5.69. The largest absolute Gasteiger partial charge is 0.324 e. The summed E-state index contributed by atoms with van der Waals surface area (Å²) in [5.74, 6) is 0.0310. The fourth-order valence-electron chi connectivity index (χ4n) is 2.72. The molecule has 3 heterocycles. The second kappa shape index (κ2) is 3.04. The van der Waals surface area contributed by atoms with Crippen LogP contribution in [0.4, 0.5) is 0 Å². The molecule has 0 aromatic carbocycles. The van der Waals surface area contributed by atoms with Crippen LogP contribution in [0.25, 0.3) is 0 Å². The van der Waals surface area contributed by atoms with Gasteiger partial charge < -0.3 is 4.90 Å². The molecule has 3 aliphatic heterocycles.